The van der Waals surface area contributed by atoms with Crippen LogP contribution in [0.1, 0.15) is 36.8 Å². The molecule has 112 valence electrons. The molecule has 1 fully saturated rings. The Balaban J connectivity index is 1.66. The Hall–Kier alpha value is -1.81. The lowest BCUT2D eigenvalue weighted by Crippen LogP contribution is -2.39. The van der Waals surface area contributed by atoms with Gasteiger partial charge in [0.1, 0.15) is 0 Å². The number of aromatic nitrogens is 1. The molecule has 2 aromatic rings. The topological polar surface area (TPSA) is 65.1 Å². The maximum Gasteiger partial charge on any atom is 0.224 e. The smallest absolute Gasteiger partial charge is 0.224 e. The minimum atomic E-state index is -0.186. The SMILES string of the molecule is Cc1cccc2[nH]cc(CC(=O)NC3CCC(O)CC3)c12. The van der Waals surface area contributed by atoms with Crippen molar-refractivity contribution in [2.45, 2.75) is 51.2 Å². The molecule has 0 radical (unpaired) electrons. The number of rotatable bonds is 3. The van der Waals surface area contributed by atoms with Gasteiger partial charge in [0.25, 0.3) is 0 Å². The highest BCUT2D eigenvalue weighted by atomic mass is 16.3. The molecule has 1 amide bonds. The molecule has 21 heavy (non-hydrogen) atoms. The van der Waals surface area contributed by atoms with Gasteiger partial charge >= 0.3 is 0 Å². The highest BCUT2D eigenvalue weighted by Gasteiger charge is 2.21. The number of aryl methyl sites for hydroxylation is 1. The second kappa shape index (κ2) is 5.90. The Morgan fingerprint density at radius 2 is 2.10 bits per heavy atom. The Morgan fingerprint density at radius 1 is 1.33 bits per heavy atom. The highest BCUT2D eigenvalue weighted by molar-refractivity contribution is 5.91. The van der Waals surface area contributed by atoms with Crippen LogP contribution in [0.3, 0.4) is 0 Å². The lowest BCUT2D eigenvalue weighted by Gasteiger charge is -2.26. The van der Waals surface area contributed by atoms with Gasteiger partial charge in [-0.1, -0.05) is 12.1 Å². The van der Waals surface area contributed by atoms with Crippen LogP contribution in [0.5, 0.6) is 0 Å². The van der Waals surface area contributed by atoms with Crippen LogP contribution < -0.4 is 5.32 Å². The second-order valence-corrected chi connectivity index (χ2v) is 6.06. The van der Waals surface area contributed by atoms with Gasteiger partial charge < -0.3 is 15.4 Å². The van der Waals surface area contributed by atoms with E-state index in [0.29, 0.717) is 6.42 Å². The van der Waals surface area contributed by atoms with Gasteiger partial charge in [0.05, 0.1) is 12.5 Å². The maximum absolute atomic E-state index is 12.2. The molecule has 0 saturated heterocycles. The van der Waals surface area contributed by atoms with Crippen LogP contribution in [0.2, 0.25) is 0 Å². The molecule has 3 rings (SSSR count). The van der Waals surface area contributed by atoms with Gasteiger partial charge in [-0.2, -0.15) is 0 Å². The van der Waals surface area contributed by atoms with Gasteiger partial charge in [-0.25, -0.2) is 0 Å². The van der Waals surface area contributed by atoms with Crippen LogP contribution in [-0.4, -0.2) is 28.1 Å². The monoisotopic (exact) mass is 286 g/mol. The Bertz CT molecular complexity index is 639. The number of nitrogens with one attached hydrogen (secondary N) is 2. The molecule has 1 aromatic heterocycles. The van der Waals surface area contributed by atoms with Crippen molar-refractivity contribution >= 4 is 16.8 Å². The minimum Gasteiger partial charge on any atom is -0.393 e. The quantitative estimate of drug-likeness (QED) is 0.811. The number of carbonyl (C=O) groups excluding carboxylic acids is 1. The van der Waals surface area contributed by atoms with Crippen molar-refractivity contribution in [1.82, 2.24) is 10.3 Å². The zero-order chi connectivity index (χ0) is 14.8. The molecule has 1 heterocycles. The van der Waals surface area contributed by atoms with E-state index in [9.17, 15) is 9.90 Å². The molecule has 3 N–H and O–H groups in total. The zero-order valence-electron chi connectivity index (χ0n) is 12.4. The van der Waals surface area contributed by atoms with Gasteiger partial charge in [-0.3, -0.25) is 4.79 Å². The molecular formula is C17H22N2O2. The van der Waals surface area contributed by atoms with Gasteiger partial charge in [0.2, 0.25) is 5.91 Å². The molecule has 1 aliphatic rings. The molecule has 1 aromatic carbocycles. The molecule has 4 nitrogen and oxygen atoms in total. The minimum absolute atomic E-state index is 0.0699. The van der Waals surface area contributed by atoms with E-state index in [4.69, 9.17) is 0 Å². The average molecular weight is 286 g/mol. The first-order chi connectivity index (χ1) is 10.1. The van der Waals surface area contributed by atoms with Gasteiger partial charge in [-0.15, -0.1) is 0 Å². The Morgan fingerprint density at radius 3 is 2.86 bits per heavy atom. The molecule has 0 aliphatic heterocycles. The predicted octanol–water partition coefficient (Wildman–Crippen LogP) is 2.44. The van der Waals surface area contributed by atoms with Crippen molar-refractivity contribution in [2.75, 3.05) is 0 Å². The number of aromatic amines is 1. The van der Waals surface area contributed by atoms with Crippen LogP contribution in [0.4, 0.5) is 0 Å². The molecule has 0 unspecified atom stereocenters. The van der Waals surface area contributed by atoms with Crippen molar-refractivity contribution < 1.29 is 9.90 Å². The fourth-order valence-electron chi connectivity index (χ4n) is 3.26. The molecule has 0 atom stereocenters. The van der Waals surface area contributed by atoms with E-state index in [0.717, 1.165) is 42.1 Å². The number of aliphatic hydroxyl groups excluding tert-OH is 1. The Kier molecular flexibility index (Phi) is 3.97. The number of amides is 1. The number of fused-ring (bicyclic) bond motifs is 1. The lowest BCUT2D eigenvalue weighted by atomic mass is 9.93. The summed E-state index contributed by atoms with van der Waals surface area (Å²) in [7, 11) is 0. The molecule has 0 bridgehead atoms. The van der Waals surface area contributed by atoms with E-state index in [1.807, 2.05) is 18.3 Å². The fourth-order valence-corrected chi connectivity index (χ4v) is 3.26. The van der Waals surface area contributed by atoms with Crippen LogP contribution in [0.15, 0.2) is 24.4 Å². The van der Waals surface area contributed by atoms with Crippen molar-refractivity contribution in [1.29, 1.82) is 0 Å². The standard InChI is InChI=1S/C17H22N2O2/c1-11-3-2-4-15-17(11)12(10-18-15)9-16(21)19-13-5-7-14(20)8-6-13/h2-4,10,13-14,18,20H,5-9H2,1H3,(H,19,21). The van der Waals surface area contributed by atoms with E-state index in [1.54, 1.807) is 0 Å². The van der Waals surface area contributed by atoms with Gasteiger partial charge in [0, 0.05) is 23.1 Å². The maximum atomic E-state index is 12.2. The van der Waals surface area contributed by atoms with E-state index >= 15 is 0 Å². The highest BCUT2D eigenvalue weighted by Crippen LogP contribution is 2.23. The number of hydrogen-bond donors (Lipinski definition) is 3. The molecule has 1 saturated carbocycles. The number of benzene rings is 1. The first kappa shape index (κ1) is 14.1. The average Bonchev–Trinajstić information content (AvgIpc) is 2.86. The fraction of sp³-hybridized carbons (Fsp3) is 0.471. The third kappa shape index (κ3) is 3.10. The van der Waals surface area contributed by atoms with E-state index < -0.39 is 0 Å². The van der Waals surface area contributed by atoms with Crippen molar-refractivity contribution in [2.24, 2.45) is 0 Å². The van der Waals surface area contributed by atoms with E-state index in [2.05, 4.69) is 23.3 Å². The summed E-state index contributed by atoms with van der Waals surface area (Å²) in [5, 5.41) is 13.8. The van der Waals surface area contributed by atoms with Crippen LogP contribution >= 0.6 is 0 Å². The normalized spacial score (nSPS) is 22.4. The summed E-state index contributed by atoms with van der Waals surface area (Å²) >= 11 is 0. The van der Waals surface area contributed by atoms with Gasteiger partial charge in [0.15, 0.2) is 0 Å². The van der Waals surface area contributed by atoms with E-state index in [1.165, 1.54) is 5.56 Å². The van der Waals surface area contributed by atoms with Crippen LogP contribution in [0.25, 0.3) is 10.9 Å². The molecular weight excluding hydrogens is 264 g/mol. The molecule has 1 aliphatic carbocycles. The summed E-state index contributed by atoms with van der Waals surface area (Å²) in [6.45, 7) is 2.07. The number of hydrogen-bond acceptors (Lipinski definition) is 2. The van der Waals surface area contributed by atoms with Crippen molar-refractivity contribution in [3.05, 3.63) is 35.5 Å². The summed E-state index contributed by atoms with van der Waals surface area (Å²) in [5.74, 6) is 0.0699. The Labute approximate surface area is 124 Å². The van der Waals surface area contributed by atoms with Crippen LogP contribution in [-0.2, 0) is 11.2 Å². The summed E-state index contributed by atoms with van der Waals surface area (Å²) in [4.78, 5) is 15.5. The first-order valence-electron chi connectivity index (χ1n) is 7.66. The number of aliphatic hydroxyl groups is 1. The van der Waals surface area contributed by atoms with Crippen molar-refractivity contribution in [3.63, 3.8) is 0 Å². The largest absolute Gasteiger partial charge is 0.393 e. The van der Waals surface area contributed by atoms with Crippen LogP contribution in [0, 0.1) is 6.92 Å². The summed E-state index contributed by atoms with van der Waals surface area (Å²) in [6, 6.07) is 6.34. The second-order valence-electron chi connectivity index (χ2n) is 6.06. The summed E-state index contributed by atoms with van der Waals surface area (Å²) < 4.78 is 0. The first-order valence-corrected chi connectivity index (χ1v) is 7.66. The number of H-pyrrole nitrogens is 1. The lowest BCUT2D eigenvalue weighted by molar-refractivity contribution is -0.121. The third-order valence-corrected chi connectivity index (χ3v) is 4.41. The zero-order valence-corrected chi connectivity index (χ0v) is 12.4. The molecule has 0 spiro atoms. The van der Waals surface area contributed by atoms with Crippen molar-refractivity contribution in [3.8, 4) is 0 Å². The summed E-state index contributed by atoms with van der Waals surface area (Å²) in [6.07, 6.45) is 5.48. The predicted molar refractivity (Wildman–Crippen MR) is 83.1 cm³/mol. The number of carbonyl (C=O) groups is 1. The van der Waals surface area contributed by atoms with E-state index in [-0.39, 0.29) is 18.1 Å². The third-order valence-electron chi connectivity index (χ3n) is 4.41. The van der Waals surface area contributed by atoms with Gasteiger partial charge in [-0.05, 0) is 49.8 Å². The summed E-state index contributed by atoms with van der Waals surface area (Å²) in [5.41, 5.74) is 3.33. The molecule has 4 heteroatoms.